The van der Waals surface area contributed by atoms with Crippen molar-refractivity contribution in [2.24, 2.45) is 0 Å². The molecule has 1 aromatic heterocycles. The Morgan fingerprint density at radius 2 is 1.95 bits per heavy atom. The number of ether oxygens (including phenoxy) is 1. The predicted molar refractivity (Wildman–Crippen MR) is 69.2 cm³/mol. The molecule has 2 aromatic rings. The minimum Gasteiger partial charge on any atom is -0.417 e. The van der Waals surface area contributed by atoms with E-state index in [4.69, 9.17) is 9.15 Å². The van der Waals surface area contributed by atoms with E-state index in [-0.39, 0.29) is 17.1 Å². The number of benzene rings is 1. The molecule has 5 nitrogen and oxygen atoms in total. The number of fused-ring (bicyclic) bond motifs is 1. The van der Waals surface area contributed by atoms with Gasteiger partial charge in [0.05, 0.1) is 18.6 Å². The van der Waals surface area contributed by atoms with Crippen molar-refractivity contribution in [3.05, 3.63) is 46.3 Å². The van der Waals surface area contributed by atoms with Crippen LogP contribution in [-0.4, -0.2) is 37.1 Å². The van der Waals surface area contributed by atoms with Gasteiger partial charge in [-0.25, -0.2) is 9.18 Å². The quantitative estimate of drug-likeness (QED) is 0.790. The summed E-state index contributed by atoms with van der Waals surface area (Å²) in [4.78, 5) is 25.6. The summed E-state index contributed by atoms with van der Waals surface area (Å²) in [5.74, 6) is -0.917. The molecule has 0 N–H and O–H groups in total. The van der Waals surface area contributed by atoms with E-state index in [1.807, 2.05) is 0 Å². The summed E-state index contributed by atoms with van der Waals surface area (Å²) in [6, 6.07) is 5.14. The standard InChI is InChI=1S/C14H12FNO4/c15-10-1-2-11-9(7-10)8-12(20-14(11)18)13(17)16-3-5-19-6-4-16/h1-2,7-8H,3-6H2. The molecule has 0 atom stereocenters. The Balaban J connectivity index is 2.03. The number of amides is 1. The number of hydrogen-bond donors (Lipinski definition) is 0. The Morgan fingerprint density at radius 3 is 2.70 bits per heavy atom. The minimum atomic E-state index is -0.640. The lowest BCUT2D eigenvalue weighted by Gasteiger charge is -2.26. The summed E-state index contributed by atoms with van der Waals surface area (Å²) >= 11 is 0. The van der Waals surface area contributed by atoms with E-state index in [0.717, 1.165) is 0 Å². The van der Waals surface area contributed by atoms with Gasteiger partial charge in [0.2, 0.25) is 0 Å². The third kappa shape index (κ3) is 2.30. The number of carbonyl (C=O) groups is 1. The summed E-state index contributed by atoms with van der Waals surface area (Å²) in [5.41, 5.74) is -0.640. The zero-order valence-corrected chi connectivity index (χ0v) is 10.6. The van der Waals surface area contributed by atoms with Crippen LogP contribution in [0.1, 0.15) is 10.6 Å². The summed E-state index contributed by atoms with van der Waals surface area (Å²) in [5, 5.41) is 0.614. The molecule has 1 amide bonds. The average molecular weight is 277 g/mol. The van der Waals surface area contributed by atoms with Crippen molar-refractivity contribution >= 4 is 16.7 Å². The highest BCUT2D eigenvalue weighted by atomic mass is 19.1. The monoisotopic (exact) mass is 277 g/mol. The van der Waals surface area contributed by atoms with E-state index in [1.54, 1.807) is 4.90 Å². The molecule has 1 aliphatic heterocycles. The van der Waals surface area contributed by atoms with Gasteiger partial charge in [-0.3, -0.25) is 4.79 Å². The van der Waals surface area contributed by atoms with Crippen molar-refractivity contribution in [2.45, 2.75) is 0 Å². The lowest BCUT2D eigenvalue weighted by Crippen LogP contribution is -2.40. The van der Waals surface area contributed by atoms with Crippen molar-refractivity contribution in [3.63, 3.8) is 0 Å². The lowest BCUT2D eigenvalue weighted by atomic mass is 10.1. The number of hydrogen-bond acceptors (Lipinski definition) is 4. The Bertz CT molecular complexity index is 719. The number of rotatable bonds is 1. The molecule has 0 aliphatic carbocycles. The molecule has 1 fully saturated rings. The SMILES string of the molecule is O=C(c1cc2cc(F)ccc2c(=O)o1)N1CCOCC1. The van der Waals surface area contributed by atoms with E-state index >= 15 is 0 Å². The van der Waals surface area contributed by atoms with Crippen LogP contribution in [0.2, 0.25) is 0 Å². The van der Waals surface area contributed by atoms with Gasteiger partial charge in [0, 0.05) is 13.1 Å². The zero-order valence-electron chi connectivity index (χ0n) is 10.6. The molecule has 1 aromatic carbocycles. The largest absolute Gasteiger partial charge is 0.417 e. The highest BCUT2D eigenvalue weighted by Crippen LogP contribution is 2.15. The molecule has 0 bridgehead atoms. The first-order valence-electron chi connectivity index (χ1n) is 6.25. The zero-order chi connectivity index (χ0) is 14.1. The third-order valence-corrected chi connectivity index (χ3v) is 3.23. The number of halogens is 1. The van der Waals surface area contributed by atoms with E-state index in [2.05, 4.69) is 0 Å². The van der Waals surface area contributed by atoms with Gasteiger partial charge in [0.15, 0.2) is 5.76 Å². The molecule has 0 radical (unpaired) electrons. The molecule has 2 heterocycles. The lowest BCUT2D eigenvalue weighted by molar-refractivity contribution is 0.0280. The van der Waals surface area contributed by atoms with E-state index in [9.17, 15) is 14.0 Å². The molecule has 1 aliphatic rings. The van der Waals surface area contributed by atoms with Gasteiger partial charge < -0.3 is 14.1 Å². The van der Waals surface area contributed by atoms with Crippen LogP contribution in [0.5, 0.6) is 0 Å². The first-order valence-corrected chi connectivity index (χ1v) is 6.25. The summed E-state index contributed by atoms with van der Waals surface area (Å²) < 4.78 is 23.4. The van der Waals surface area contributed by atoms with Crippen molar-refractivity contribution in [3.8, 4) is 0 Å². The summed E-state index contributed by atoms with van der Waals surface area (Å²) in [6.07, 6.45) is 0. The van der Waals surface area contributed by atoms with Crippen LogP contribution in [0.15, 0.2) is 33.5 Å². The molecule has 3 rings (SSSR count). The Labute approximate surface area is 113 Å². The van der Waals surface area contributed by atoms with E-state index in [1.165, 1.54) is 24.3 Å². The molecule has 0 unspecified atom stereocenters. The Kier molecular flexibility index (Phi) is 3.23. The van der Waals surface area contributed by atoms with Gasteiger partial charge >= 0.3 is 5.63 Å². The van der Waals surface area contributed by atoms with Crippen molar-refractivity contribution in [1.82, 2.24) is 4.90 Å². The van der Waals surface area contributed by atoms with Crippen molar-refractivity contribution in [2.75, 3.05) is 26.3 Å². The van der Waals surface area contributed by atoms with Crippen molar-refractivity contribution < 1.29 is 18.3 Å². The maximum Gasteiger partial charge on any atom is 0.344 e. The second-order valence-electron chi connectivity index (χ2n) is 4.53. The maximum atomic E-state index is 13.2. The van der Waals surface area contributed by atoms with Crippen LogP contribution in [0.25, 0.3) is 10.8 Å². The molecular weight excluding hydrogens is 265 g/mol. The van der Waals surface area contributed by atoms with Crippen LogP contribution in [0.4, 0.5) is 4.39 Å². The van der Waals surface area contributed by atoms with Gasteiger partial charge in [0.25, 0.3) is 5.91 Å². The third-order valence-electron chi connectivity index (χ3n) is 3.23. The fourth-order valence-corrected chi connectivity index (χ4v) is 2.19. The van der Waals surface area contributed by atoms with Crippen LogP contribution in [-0.2, 0) is 4.74 Å². The van der Waals surface area contributed by atoms with Gasteiger partial charge in [-0.05, 0) is 29.7 Å². The Morgan fingerprint density at radius 1 is 1.20 bits per heavy atom. The van der Waals surface area contributed by atoms with Crippen LogP contribution >= 0.6 is 0 Å². The number of morpholine rings is 1. The van der Waals surface area contributed by atoms with Gasteiger partial charge in [0.1, 0.15) is 5.82 Å². The molecular formula is C14H12FNO4. The van der Waals surface area contributed by atoms with Gasteiger partial charge in [-0.1, -0.05) is 0 Å². The van der Waals surface area contributed by atoms with E-state index in [0.29, 0.717) is 31.7 Å². The summed E-state index contributed by atoms with van der Waals surface area (Å²) in [7, 11) is 0. The molecule has 6 heteroatoms. The normalized spacial score (nSPS) is 15.6. The van der Waals surface area contributed by atoms with Crippen LogP contribution < -0.4 is 5.63 Å². The molecule has 0 spiro atoms. The molecule has 0 saturated carbocycles. The number of carbonyl (C=O) groups excluding carboxylic acids is 1. The number of nitrogens with zero attached hydrogens (tertiary/aromatic N) is 1. The maximum absolute atomic E-state index is 13.2. The first kappa shape index (κ1) is 12.8. The second-order valence-corrected chi connectivity index (χ2v) is 4.53. The highest BCUT2D eigenvalue weighted by molar-refractivity contribution is 5.95. The molecule has 1 saturated heterocycles. The molecule has 20 heavy (non-hydrogen) atoms. The van der Waals surface area contributed by atoms with E-state index < -0.39 is 11.4 Å². The minimum absolute atomic E-state index is 0.0741. The first-order chi connectivity index (χ1) is 9.65. The second kappa shape index (κ2) is 5.05. The van der Waals surface area contributed by atoms with Gasteiger partial charge in [-0.2, -0.15) is 0 Å². The van der Waals surface area contributed by atoms with Gasteiger partial charge in [-0.15, -0.1) is 0 Å². The summed E-state index contributed by atoms with van der Waals surface area (Å²) in [6.45, 7) is 1.81. The average Bonchev–Trinajstić information content (AvgIpc) is 2.46. The Hall–Kier alpha value is -2.21. The fraction of sp³-hybridized carbons (Fsp3) is 0.286. The fourth-order valence-electron chi connectivity index (χ4n) is 2.19. The smallest absolute Gasteiger partial charge is 0.344 e. The predicted octanol–water partition coefficient (Wildman–Crippen LogP) is 1.40. The topological polar surface area (TPSA) is 59.8 Å². The van der Waals surface area contributed by atoms with Crippen molar-refractivity contribution in [1.29, 1.82) is 0 Å². The molecule has 104 valence electrons. The van der Waals surface area contributed by atoms with Crippen LogP contribution in [0, 0.1) is 5.82 Å². The van der Waals surface area contributed by atoms with Crippen LogP contribution in [0.3, 0.4) is 0 Å². The highest BCUT2D eigenvalue weighted by Gasteiger charge is 2.21.